The van der Waals surface area contributed by atoms with Gasteiger partial charge in [0.25, 0.3) is 0 Å². The van der Waals surface area contributed by atoms with E-state index in [-0.39, 0.29) is 6.09 Å². The zero-order valence-corrected chi connectivity index (χ0v) is 9.11. The maximum absolute atomic E-state index is 9.91. The molecule has 7 heteroatoms. The predicted molar refractivity (Wildman–Crippen MR) is 57.5 cm³/mol. The van der Waals surface area contributed by atoms with Crippen LogP contribution in [0.1, 0.15) is 0 Å². The van der Waals surface area contributed by atoms with E-state index in [9.17, 15) is 4.79 Å². The third-order valence-electron chi connectivity index (χ3n) is 1.72. The fraction of sp³-hybridized carbons (Fsp3) is 0.778. The molecule has 2 fully saturated rings. The first kappa shape index (κ1) is 12.7. The van der Waals surface area contributed by atoms with E-state index in [4.69, 9.17) is 4.74 Å². The summed E-state index contributed by atoms with van der Waals surface area (Å²) >= 11 is 0. The van der Waals surface area contributed by atoms with Crippen molar-refractivity contribution in [3.05, 3.63) is 0 Å². The van der Waals surface area contributed by atoms with Gasteiger partial charge in [-0.25, -0.2) is 4.79 Å². The van der Waals surface area contributed by atoms with Gasteiger partial charge in [-0.15, -0.1) is 0 Å². The average Bonchev–Trinajstić information content (AvgIpc) is 3.07. The van der Waals surface area contributed by atoms with Crippen molar-refractivity contribution in [1.29, 1.82) is 0 Å². The third-order valence-corrected chi connectivity index (χ3v) is 1.72. The van der Waals surface area contributed by atoms with E-state index in [1.165, 1.54) is 6.40 Å². The second kappa shape index (κ2) is 8.93. The summed E-state index contributed by atoms with van der Waals surface area (Å²) < 4.78 is 13.9. The number of carbonyl (C=O) groups is 1. The van der Waals surface area contributed by atoms with Crippen LogP contribution >= 0.6 is 0 Å². The van der Waals surface area contributed by atoms with Gasteiger partial charge in [-0.2, -0.15) is 0 Å². The highest BCUT2D eigenvalue weighted by Gasteiger charge is 2.06. The molecule has 0 radical (unpaired) electrons. The molecule has 2 saturated heterocycles. The van der Waals surface area contributed by atoms with Crippen LogP contribution in [-0.4, -0.2) is 58.7 Å². The maximum atomic E-state index is 9.91. The van der Waals surface area contributed by atoms with E-state index in [1.807, 2.05) is 0 Å². The van der Waals surface area contributed by atoms with Gasteiger partial charge < -0.3 is 19.5 Å². The number of aliphatic imine (C=N–C) groups is 1. The van der Waals surface area contributed by atoms with Gasteiger partial charge in [0.1, 0.15) is 13.2 Å². The molecule has 3 aliphatic heterocycles. The second-order valence-electron chi connectivity index (χ2n) is 3.00. The smallest absolute Gasteiger partial charge is 0.407 e. The summed E-state index contributed by atoms with van der Waals surface area (Å²) in [4.78, 5) is 13.6. The molecule has 3 rings (SSSR count). The SMILES string of the molecule is C1=NCCO1.C1COCN1.O=C1NCCO1. The largest absolute Gasteiger partial charge is 0.482 e. The first-order valence-electron chi connectivity index (χ1n) is 5.18. The Morgan fingerprint density at radius 3 is 2.38 bits per heavy atom. The number of cyclic esters (lactones) is 1. The van der Waals surface area contributed by atoms with E-state index in [2.05, 4.69) is 25.1 Å². The van der Waals surface area contributed by atoms with Crippen molar-refractivity contribution in [1.82, 2.24) is 10.6 Å². The van der Waals surface area contributed by atoms with Crippen molar-refractivity contribution in [3.63, 3.8) is 0 Å². The monoisotopic (exact) mass is 231 g/mol. The molecule has 0 saturated carbocycles. The van der Waals surface area contributed by atoms with E-state index < -0.39 is 0 Å². The number of ether oxygens (including phenoxy) is 3. The average molecular weight is 231 g/mol. The van der Waals surface area contributed by atoms with Crippen molar-refractivity contribution in [2.24, 2.45) is 4.99 Å². The molecule has 0 atom stereocenters. The van der Waals surface area contributed by atoms with Crippen molar-refractivity contribution in [2.75, 3.05) is 46.2 Å². The fourth-order valence-electron chi connectivity index (χ4n) is 0.972. The van der Waals surface area contributed by atoms with Crippen molar-refractivity contribution < 1.29 is 19.0 Å². The number of hydrogen-bond donors (Lipinski definition) is 2. The second-order valence-corrected chi connectivity index (χ2v) is 3.00. The van der Waals surface area contributed by atoms with Gasteiger partial charge in [0.15, 0.2) is 6.40 Å². The Labute approximate surface area is 94.2 Å². The number of alkyl carbamates (subject to hydrolysis) is 1. The van der Waals surface area contributed by atoms with Crippen LogP contribution < -0.4 is 10.6 Å². The van der Waals surface area contributed by atoms with Crippen LogP contribution in [-0.2, 0) is 14.2 Å². The van der Waals surface area contributed by atoms with Gasteiger partial charge in [0.05, 0.1) is 26.4 Å². The number of nitrogens with zero attached hydrogens (tertiary/aromatic N) is 1. The highest BCUT2D eigenvalue weighted by atomic mass is 16.6. The Morgan fingerprint density at radius 1 is 1.25 bits per heavy atom. The van der Waals surface area contributed by atoms with Gasteiger partial charge in [-0.1, -0.05) is 0 Å². The Bertz CT molecular complexity index is 197. The summed E-state index contributed by atoms with van der Waals surface area (Å²) in [5.41, 5.74) is 0. The van der Waals surface area contributed by atoms with Gasteiger partial charge in [-0.3, -0.25) is 10.3 Å². The molecule has 16 heavy (non-hydrogen) atoms. The minimum Gasteiger partial charge on any atom is -0.482 e. The molecular weight excluding hydrogens is 214 g/mol. The standard InChI is InChI=1S/C3H5NO2.C3H7NO.C3H5NO/c5-3-4-1-2-6-3;2*1-2-5-3-4-1/h1-2H2,(H,4,5);4H,1-3H2;3H,1-2H2. The first-order chi connectivity index (χ1) is 7.89. The minimum atomic E-state index is -0.296. The van der Waals surface area contributed by atoms with Crippen LogP contribution in [0.3, 0.4) is 0 Å². The summed E-state index contributed by atoms with van der Waals surface area (Å²) in [5.74, 6) is 0. The highest BCUT2D eigenvalue weighted by Crippen LogP contribution is 1.82. The van der Waals surface area contributed by atoms with Crippen LogP contribution in [0.4, 0.5) is 4.79 Å². The number of amides is 1. The van der Waals surface area contributed by atoms with E-state index in [1.54, 1.807) is 0 Å². The zero-order chi connectivity index (χ0) is 11.5. The summed E-state index contributed by atoms with van der Waals surface area (Å²) in [6, 6.07) is 0. The quantitative estimate of drug-likeness (QED) is 0.578. The van der Waals surface area contributed by atoms with Gasteiger partial charge in [-0.05, 0) is 0 Å². The Balaban J connectivity index is 0.000000121. The summed E-state index contributed by atoms with van der Waals surface area (Å²) in [6.07, 6.45) is 1.19. The number of hydrogen-bond acceptors (Lipinski definition) is 6. The van der Waals surface area contributed by atoms with Gasteiger partial charge in [0, 0.05) is 6.54 Å². The minimum absolute atomic E-state index is 0.296. The lowest BCUT2D eigenvalue weighted by Gasteiger charge is -1.80. The normalized spacial score (nSPS) is 20.9. The molecule has 0 aromatic rings. The van der Waals surface area contributed by atoms with E-state index >= 15 is 0 Å². The topological polar surface area (TPSA) is 81.2 Å². The van der Waals surface area contributed by atoms with Crippen molar-refractivity contribution in [2.45, 2.75) is 0 Å². The predicted octanol–water partition coefficient (Wildman–Crippen LogP) is -0.665. The molecule has 2 N–H and O–H groups in total. The highest BCUT2D eigenvalue weighted by molar-refractivity contribution is 5.68. The van der Waals surface area contributed by atoms with Crippen LogP contribution in [0.25, 0.3) is 0 Å². The molecule has 0 aromatic heterocycles. The lowest BCUT2D eigenvalue weighted by molar-refractivity contribution is 0.178. The Morgan fingerprint density at radius 2 is 2.19 bits per heavy atom. The molecule has 7 nitrogen and oxygen atoms in total. The lowest BCUT2D eigenvalue weighted by Crippen LogP contribution is -2.11. The molecule has 92 valence electrons. The zero-order valence-electron chi connectivity index (χ0n) is 9.11. The number of rotatable bonds is 0. The molecule has 1 amide bonds. The number of carbonyl (C=O) groups excluding carboxylic acids is 1. The Kier molecular flexibility index (Phi) is 7.10. The van der Waals surface area contributed by atoms with Crippen LogP contribution in [0.15, 0.2) is 4.99 Å². The molecule has 0 spiro atoms. The van der Waals surface area contributed by atoms with E-state index in [0.717, 1.165) is 33.0 Å². The molecule has 3 heterocycles. The summed E-state index contributed by atoms with van der Waals surface area (Å²) in [5, 5.41) is 5.46. The van der Waals surface area contributed by atoms with Crippen molar-refractivity contribution in [3.8, 4) is 0 Å². The third kappa shape index (κ3) is 7.02. The van der Waals surface area contributed by atoms with Gasteiger partial charge in [0.2, 0.25) is 0 Å². The van der Waals surface area contributed by atoms with Crippen LogP contribution in [0, 0.1) is 0 Å². The van der Waals surface area contributed by atoms with Crippen molar-refractivity contribution >= 4 is 12.5 Å². The molecular formula is C9H17N3O4. The fourth-order valence-corrected chi connectivity index (χ4v) is 0.972. The summed E-state index contributed by atoms with van der Waals surface area (Å²) in [6.45, 7) is 5.48. The Hall–Kier alpha value is -1.34. The lowest BCUT2D eigenvalue weighted by atomic mass is 10.7. The molecule has 0 aromatic carbocycles. The molecule has 0 unspecified atom stereocenters. The number of nitrogens with one attached hydrogen (secondary N) is 2. The van der Waals surface area contributed by atoms with Gasteiger partial charge >= 0.3 is 6.09 Å². The molecule has 0 bridgehead atoms. The molecule has 3 aliphatic rings. The maximum Gasteiger partial charge on any atom is 0.407 e. The first-order valence-corrected chi connectivity index (χ1v) is 5.18. The van der Waals surface area contributed by atoms with E-state index in [0.29, 0.717) is 13.2 Å². The van der Waals surface area contributed by atoms with Crippen LogP contribution in [0.2, 0.25) is 0 Å². The van der Waals surface area contributed by atoms with Crippen LogP contribution in [0.5, 0.6) is 0 Å². The molecule has 0 aliphatic carbocycles. The summed E-state index contributed by atoms with van der Waals surface area (Å²) in [7, 11) is 0.